The van der Waals surface area contributed by atoms with Crippen LogP contribution in [-0.4, -0.2) is 54.3 Å². The molecule has 0 aliphatic carbocycles. The fraction of sp³-hybridized carbons (Fsp3) is 0.217. The highest BCUT2D eigenvalue weighted by atomic mass is 32.1. The third-order valence-corrected chi connectivity index (χ3v) is 5.17. The first-order valence-electron chi connectivity index (χ1n) is 10.2. The van der Waals surface area contributed by atoms with Gasteiger partial charge in [-0.2, -0.15) is 0 Å². The summed E-state index contributed by atoms with van der Waals surface area (Å²) >= 11 is 1.28. The number of ether oxygens (including phenoxy) is 2. The van der Waals surface area contributed by atoms with Crippen molar-refractivity contribution in [3.05, 3.63) is 59.4 Å². The summed E-state index contributed by atoms with van der Waals surface area (Å²) in [4.78, 5) is 43.1. The van der Waals surface area contributed by atoms with Gasteiger partial charge in [0.15, 0.2) is 0 Å². The van der Waals surface area contributed by atoms with E-state index in [0.29, 0.717) is 22.7 Å². The number of nitrogens with one attached hydrogen (secondary N) is 2. The second-order valence-electron chi connectivity index (χ2n) is 6.64. The maximum atomic E-state index is 12.6. The Hall–Kier alpha value is -4.16. The normalized spacial score (nSPS) is 10.0. The quantitative estimate of drug-likeness (QED) is 0.251. The van der Waals surface area contributed by atoms with Crippen LogP contribution in [0.15, 0.2) is 52.5 Å². The van der Waals surface area contributed by atoms with Crippen molar-refractivity contribution in [2.24, 2.45) is 0 Å². The van der Waals surface area contributed by atoms with E-state index in [9.17, 15) is 9.59 Å². The van der Waals surface area contributed by atoms with Gasteiger partial charge in [-0.05, 0) is 36.8 Å². The maximum Gasteiger partial charge on any atom is 0.414 e. The minimum atomic E-state index is -1.82. The number of carboxylic acid groups (broad SMARTS) is 2. The lowest BCUT2D eigenvalue weighted by atomic mass is 10.0. The molecule has 35 heavy (non-hydrogen) atoms. The number of anilines is 1. The van der Waals surface area contributed by atoms with Gasteiger partial charge in [-0.3, -0.25) is 4.79 Å². The summed E-state index contributed by atoms with van der Waals surface area (Å²) in [6.45, 7) is 2.51. The standard InChI is InChI=1S/C21H22N2O5S.C2H2O4/c1-3-27-21(25)19-17(14-6-8-15(26-2)9-7-14)13-29-20(19)23-18(24)12-22-11-16-5-4-10-28-16;3-1(4)2(5)6/h4-10,13,22H,3,11-12H2,1-2H3,(H,23,24);(H,3,4)(H,5,6). The van der Waals surface area contributed by atoms with Crippen molar-refractivity contribution in [2.75, 3.05) is 25.6 Å². The largest absolute Gasteiger partial charge is 0.497 e. The third-order valence-electron chi connectivity index (χ3n) is 4.27. The number of carbonyl (C=O) groups excluding carboxylic acids is 2. The van der Waals surface area contributed by atoms with Gasteiger partial charge in [0.2, 0.25) is 5.91 Å². The number of carbonyl (C=O) groups is 4. The summed E-state index contributed by atoms with van der Waals surface area (Å²) in [5.41, 5.74) is 1.89. The van der Waals surface area contributed by atoms with Gasteiger partial charge in [0.05, 0.1) is 33.1 Å². The zero-order chi connectivity index (χ0) is 25.8. The second-order valence-corrected chi connectivity index (χ2v) is 7.52. The molecule has 4 N–H and O–H groups in total. The summed E-state index contributed by atoms with van der Waals surface area (Å²) in [6, 6.07) is 11.0. The Labute approximate surface area is 204 Å². The predicted molar refractivity (Wildman–Crippen MR) is 127 cm³/mol. The fourth-order valence-electron chi connectivity index (χ4n) is 2.72. The highest BCUT2D eigenvalue weighted by Crippen LogP contribution is 2.36. The molecule has 3 rings (SSSR count). The summed E-state index contributed by atoms with van der Waals surface area (Å²) < 4.78 is 15.6. The Balaban J connectivity index is 0.000000641. The highest BCUT2D eigenvalue weighted by molar-refractivity contribution is 7.15. The number of aliphatic carboxylic acids is 2. The maximum absolute atomic E-state index is 12.6. The number of furan rings is 1. The van der Waals surface area contributed by atoms with Crippen molar-refractivity contribution in [3.8, 4) is 16.9 Å². The van der Waals surface area contributed by atoms with Crippen LogP contribution in [0.25, 0.3) is 11.1 Å². The highest BCUT2D eigenvalue weighted by Gasteiger charge is 2.22. The first-order chi connectivity index (χ1) is 16.8. The SMILES string of the molecule is CCOC(=O)c1c(-c2ccc(OC)cc2)csc1NC(=O)CNCc1ccco1.O=C(O)C(=O)O. The number of esters is 1. The number of hydrogen-bond acceptors (Lipinski definition) is 9. The lowest BCUT2D eigenvalue weighted by molar-refractivity contribution is -0.159. The van der Waals surface area contributed by atoms with Crippen LogP contribution in [0.3, 0.4) is 0 Å². The number of rotatable bonds is 9. The lowest BCUT2D eigenvalue weighted by Crippen LogP contribution is -2.28. The van der Waals surface area contributed by atoms with Crippen LogP contribution < -0.4 is 15.4 Å². The molecular formula is C23H24N2O9S. The average molecular weight is 505 g/mol. The Morgan fingerprint density at radius 3 is 2.29 bits per heavy atom. The lowest BCUT2D eigenvalue weighted by Gasteiger charge is -2.09. The van der Waals surface area contributed by atoms with E-state index in [-0.39, 0.29) is 19.1 Å². The van der Waals surface area contributed by atoms with E-state index in [4.69, 9.17) is 33.7 Å². The minimum Gasteiger partial charge on any atom is -0.497 e. The van der Waals surface area contributed by atoms with Crippen LogP contribution in [0, 0.1) is 0 Å². The molecule has 2 aromatic heterocycles. The van der Waals surface area contributed by atoms with Gasteiger partial charge in [-0.25, -0.2) is 14.4 Å². The van der Waals surface area contributed by atoms with E-state index in [1.165, 1.54) is 11.3 Å². The zero-order valence-electron chi connectivity index (χ0n) is 18.9. The molecule has 0 spiro atoms. The van der Waals surface area contributed by atoms with Crippen molar-refractivity contribution in [3.63, 3.8) is 0 Å². The van der Waals surface area contributed by atoms with Gasteiger partial charge in [0.25, 0.3) is 0 Å². The number of carboxylic acids is 2. The van der Waals surface area contributed by atoms with Gasteiger partial charge in [0.1, 0.15) is 22.1 Å². The Kier molecular flexibility index (Phi) is 10.5. The van der Waals surface area contributed by atoms with E-state index in [1.807, 2.05) is 35.7 Å². The van der Waals surface area contributed by atoms with Crippen molar-refractivity contribution in [1.82, 2.24) is 5.32 Å². The van der Waals surface area contributed by atoms with Crippen LogP contribution in [-0.2, 0) is 25.7 Å². The topological polar surface area (TPSA) is 164 Å². The molecule has 0 aliphatic rings. The molecule has 1 aromatic carbocycles. The number of benzene rings is 1. The van der Waals surface area contributed by atoms with Crippen LogP contribution in [0.1, 0.15) is 23.0 Å². The van der Waals surface area contributed by atoms with Crippen LogP contribution in [0.5, 0.6) is 5.75 Å². The first kappa shape index (κ1) is 27.1. The van der Waals surface area contributed by atoms with E-state index in [1.54, 1.807) is 26.4 Å². The molecule has 0 aliphatic heterocycles. The van der Waals surface area contributed by atoms with Gasteiger partial charge in [-0.1, -0.05) is 12.1 Å². The van der Waals surface area contributed by atoms with Crippen molar-refractivity contribution >= 4 is 40.2 Å². The van der Waals surface area contributed by atoms with Crippen molar-refractivity contribution < 1.29 is 43.3 Å². The number of thiophene rings is 1. The molecule has 0 fully saturated rings. The van der Waals surface area contributed by atoms with Crippen molar-refractivity contribution in [2.45, 2.75) is 13.5 Å². The molecule has 12 heteroatoms. The second kappa shape index (κ2) is 13.5. The Morgan fingerprint density at radius 1 is 1.06 bits per heavy atom. The molecule has 186 valence electrons. The van der Waals surface area contributed by atoms with E-state index < -0.39 is 17.9 Å². The monoisotopic (exact) mass is 504 g/mol. The third kappa shape index (κ3) is 8.28. The van der Waals surface area contributed by atoms with Gasteiger partial charge < -0.3 is 34.7 Å². The van der Waals surface area contributed by atoms with E-state index in [0.717, 1.165) is 17.1 Å². The minimum absolute atomic E-state index is 0.0821. The Morgan fingerprint density at radius 2 is 1.74 bits per heavy atom. The number of amides is 1. The van der Waals surface area contributed by atoms with Crippen LogP contribution in [0.4, 0.5) is 5.00 Å². The average Bonchev–Trinajstić information content (AvgIpc) is 3.50. The molecule has 2 heterocycles. The zero-order valence-corrected chi connectivity index (χ0v) is 19.7. The van der Waals surface area contributed by atoms with Crippen molar-refractivity contribution in [1.29, 1.82) is 0 Å². The summed E-state index contributed by atoms with van der Waals surface area (Å²) in [5.74, 6) is -2.92. The van der Waals surface area contributed by atoms with E-state index >= 15 is 0 Å². The van der Waals surface area contributed by atoms with Crippen LogP contribution >= 0.6 is 11.3 Å². The number of hydrogen-bond donors (Lipinski definition) is 4. The molecule has 1 amide bonds. The molecule has 0 unspecified atom stereocenters. The molecule has 0 bridgehead atoms. The molecular weight excluding hydrogens is 480 g/mol. The smallest absolute Gasteiger partial charge is 0.414 e. The summed E-state index contributed by atoms with van der Waals surface area (Å²) in [7, 11) is 1.59. The Bertz CT molecular complexity index is 1130. The number of methoxy groups -OCH3 is 1. The molecule has 0 radical (unpaired) electrons. The van der Waals surface area contributed by atoms with Gasteiger partial charge >= 0.3 is 17.9 Å². The molecule has 0 atom stereocenters. The van der Waals surface area contributed by atoms with E-state index in [2.05, 4.69) is 10.6 Å². The molecule has 11 nitrogen and oxygen atoms in total. The first-order valence-corrected chi connectivity index (χ1v) is 11.1. The van der Waals surface area contributed by atoms with Crippen LogP contribution in [0.2, 0.25) is 0 Å². The molecule has 3 aromatic rings. The molecule has 0 saturated carbocycles. The van der Waals surface area contributed by atoms with Gasteiger partial charge in [-0.15, -0.1) is 11.3 Å². The molecule has 0 saturated heterocycles. The van der Waals surface area contributed by atoms with Gasteiger partial charge in [0, 0.05) is 10.9 Å². The summed E-state index contributed by atoms with van der Waals surface area (Å²) in [5, 5.41) is 22.9. The summed E-state index contributed by atoms with van der Waals surface area (Å²) in [6.07, 6.45) is 1.58. The fourth-order valence-corrected chi connectivity index (χ4v) is 3.70. The predicted octanol–water partition coefficient (Wildman–Crippen LogP) is 3.08.